The van der Waals surface area contributed by atoms with Crippen LogP contribution in [0.1, 0.15) is 24.1 Å². The average Bonchev–Trinajstić information content (AvgIpc) is 3.47. The highest BCUT2D eigenvalue weighted by Gasteiger charge is 2.56. The second-order valence-electron chi connectivity index (χ2n) is 6.12. The van der Waals surface area contributed by atoms with E-state index in [2.05, 4.69) is 15.6 Å². The molecule has 2 amide bonds. The minimum absolute atomic E-state index is 0.221. The first-order valence-electron chi connectivity index (χ1n) is 8.23. The number of ether oxygens (including phenoxy) is 1. The van der Waals surface area contributed by atoms with Crippen LogP contribution >= 0.6 is 0 Å². The van der Waals surface area contributed by atoms with Gasteiger partial charge in [0.2, 0.25) is 11.8 Å². The van der Waals surface area contributed by atoms with E-state index >= 15 is 0 Å². The molecule has 0 aliphatic heterocycles. The predicted molar refractivity (Wildman–Crippen MR) is 92.6 cm³/mol. The van der Waals surface area contributed by atoms with Crippen molar-refractivity contribution in [3.8, 4) is 5.75 Å². The molecule has 0 bridgehead atoms. The minimum atomic E-state index is -0.929. The van der Waals surface area contributed by atoms with Crippen LogP contribution < -0.4 is 15.4 Å². The standard InChI is InChI=1S/C19H21N3O3/c1-25-16-7-5-14(6-8-16)12-21-17(23)19(9-10-19)18(24)22-13-15-4-2-3-11-20-15/h2-8,11H,9-10,12-13H2,1H3,(H,21,23)(H,22,24). The SMILES string of the molecule is COc1ccc(CNC(=O)C2(C(=O)NCc3ccccn3)CC2)cc1. The zero-order chi connectivity index (χ0) is 17.7. The van der Waals surface area contributed by atoms with Gasteiger partial charge in [0, 0.05) is 12.7 Å². The Hall–Kier alpha value is -2.89. The lowest BCUT2D eigenvalue weighted by Gasteiger charge is -2.15. The van der Waals surface area contributed by atoms with Gasteiger partial charge in [-0.2, -0.15) is 0 Å². The molecular weight excluding hydrogens is 318 g/mol. The van der Waals surface area contributed by atoms with Gasteiger partial charge in [-0.15, -0.1) is 0 Å². The van der Waals surface area contributed by atoms with Crippen molar-refractivity contribution in [3.05, 3.63) is 59.9 Å². The molecule has 0 atom stereocenters. The van der Waals surface area contributed by atoms with Crippen LogP contribution in [0.2, 0.25) is 0 Å². The molecule has 0 spiro atoms. The molecule has 1 saturated carbocycles. The van der Waals surface area contributed by atoms with E-state index in [9.17, 15) is 9.59 Å². The van der Waals surface area contributed by atoms with E-state index in [1.165, 1.54) is 0 Å². The molecule has 0 saturated heterocycles. The Labute approximate surface area is 146 Å². The number of hydrogen-bond acceptors (Lipinski definition) is 4. The third-order valence-corrected chi connectivity index (χ3v) is 4.39. The number of hydrogen-bond donors (Lipinski definition) is 2. The number of rotatable bonds is 7. The zero-order valence-electron chi connectivity index (χ0n) is 14.1. The lowest BCUT2D eigenvalue weighted by Crippen LogP contribution is -2.42. The van der Waals surface area contributed by atoms with Gasteiger partial charge >= 0.3 is 0 Å². The van der Waals surface area contributed by atoms with Crippen molar-refractivity contribution in [2.24, 2.45) is 5.41 Å². The Morgan fingerprint density at radius 2 is 1.72 bits per heavy atom. The second-order valence-corrected chi connectivity index (χ2v) is 6.12. The molecule has 1 fully saturated rings. The summed E-state index contributed by atoms with van der Waals surface area (Å²) in [6.07, 6.45) is 2.83. The molecule has 1 aliphatic carbocycles. The number of benzene rings is 1. The summed E-state index contributed by atoms with van der Waals surface area (Å²) in [6, 6.07) is 13.0. The van der Waals surface area contributed by atoms with Crippen LogP contribution in [0.15, 0.2) is 48.7 Å². The molecule has 0 radical (unpaired) electrons. The maximum atomic E-state index is 12.5. The zero-order valence-corrected chi connectivity index (χ0v) is 14.1. The Bertz CT molecular complexity index is 740. The van der Waals surface area contributed by atoms with E-state index in [0.717, 1.165) is 17.0 Å². The molecule has 25 heavy (non-hydrogen) atoms. The van der Waals surface area contributed by atoms with Gasteiger partial charge in [0.15, 0.2) is 0 Å². The van der Waals surface area contributed by atoms with Gasteiger partial charge in [0.05, 0.1) is 19.3 Å². The number of amides is 2. The molecule has 2 N–H and O–H groups in total. The number of aromatic nitrogens is 1. The first-order valence-corrected chi connectivity index (χ1v) is 8.23. The second kappa shape index (κ2) is 7.34. The molecule has 1 aromatic heterocycles. The largest absolute Gasteiger partial charge is 0.497 e. The minimum Gasteiger partial charge on any atom is -0.497 e. The van der Waals surface area contributed by atoms with Gasteiger partial charge in [-0.25, -0.2) is 0 Å². The maximum absolute atomic E-state index is 12.5. The lowest BCUT2D eigenvalue weighted by molar-refractivity contribution is -0.137. The number of nitrogens with one attached hydrogen (secondary N) is 2. The third-order valence-electron chi connectivity index (χ3n) is 4.39. The Balaban J connectivity index is 1.52. The van der Waals surface area contributed by atoms with Crippen LogP contribution in [0, 0.1) is 5.41 Å². The summed E-state index contributed by atoms with van der Waals surface area (Å²) in [5, 5.41) is 5.68. The average molecular weight is 339 g/mol. The van der Waals surface area contributed by atoms with Crippen LogP contribution in [0.5, 0.6) is 5.75 Å². The highest BCUT2D eigenvalue weighted by Crippen LogP contribution is 2.46. The van der Waals surface area contributed by atoms with E-state index in [-0.39, 0.29) is 11.8 Å². The Kier molecular flexibility index (Phi) is 4.97. The van der Waals surface area contributed by atoms with Crippen LogP contribution in [0.3, 0.4) is 0 Å². The molecule has 2 aromatic rings. The summed E-state index contributed by atoms with van der Waals surface area (Å²) in [5.41, 5.74) is 0.797. The van der Waals surface area contributed by atoms with Crippen molar-refractivity contribution < 1.29 is 14.3 Å². The summed E-state index contributed by atoms with van der Waals surface area (Å²) in [6.45, 7) is 0.714. The number of carbonyl (C=O) groups excluding carboxylic acids is 2. The predicted octanol–water partition coefficient (Wildman–Crippen LogP) is 1.80. The molecule has 1 aliphatic rings. The van der Waals surface area contributed by atoms with Crippen molar-refractivity contribution in [2.75, 3.05) is 7.11 Å². The summed E-state index contributed by atoms with van der Waals surface area (Å²) >= 11 is 0. The molecule has 1 heterocycles. The number of carbonyl (C=O) groups is 2. The van der Waals surface area contributed by atoms with E-state index in [1.807, 2.05) is 42.5 Å². The topological polar surface area (TPSA) is 80.3 Å². The van der Waals surface area contributed by atoms with Crippen LogP contribution in [0.25, 0.3) is 0 Å². The van der Waals surface area contributed by atoms with E-state index < -0.39 is 5.41 Å². The van der Waals surface area contributed by atoms with Crippen LogP contribution in [-0.2, 0) is 22.7 Å². The van der Waals surface area contributed by atoms with Gasteiger partial charge in [-0.3, -0.25) is 14.6 Å². The molecule has 6 heteroatoms. The van der Waals surface area contributed by atoms with Gasteiger partial charge < -0.3 is 15.4 Å². The van der Waals surface area contributed by atoms with Gasteiger partial charge in [-0.1, -0.05) is 18.2 Å². The normalized spacial score (nSPS) is 14.4. The van der Waals surface area contributed by atoms with Crippen LogP contribution in [0.4, 0.5) is 0 Å². The fourth-order valence-corrected chi connectivity index (χ4v) is 2.62. The van der Waals surface area contributed by atoms with Crippen molar-refractivity contribution >= 4 is 11.8 Å². The number of nitrogens with zero attached hydrogens (tertiary/aromatic N) is 1. The fourth-order valence-electron chi connectivity index (χ4n) is 2.62. The van der Waals surface area contributed by atoms with Gasteiger partial charge in [0.1, 0.15) is 11.2 Å². The quantitative estimate of drug-likeness (QED) is 0.754. The highest BCUT2D eigenvalue weighted by atomic mass is 16.5. The molecular formula is C19H21N3O3. The summed E-state index contributed by atoms with van der Waals surface area (Å²) in [4.78, 5) is 29.0. The van der Waals surface area contributed by atoms with Crippen molar-refractivity contribution in [1.29, 1.82) is 0 Å². The first-order chi connectivity index (χ1) is 12.1. The lowest BCUT2D eigenvalue weighted by atomic mass is 10.0. The number of methoxy groups -OCH3 is 1. The summed E-state index contributed by atoms with van der Waals surface area (Å²) in [5.74, 6) is 0.315. The highest BCUT2D eigenvalue weighted by molar-refractivity contribution is 6.07. The molecule has 1 aromatic carbocycles. The molecule has 6 nitrogen and oxygen atoms in total. The molecule has 3 rings (SSSR count). The molecule has 130 valence electrons. The van der Waals surface area contributed by atoms with E-state index in [1.54, 1.807) is 13.3 Å². The van der Waals surface area contributed by atoms with E-state index in [4.69, 9.17) is 4.74 Å². The summed E-state index contributed by atoms with van der Waals surface area (Å²) < 4.78 is 5.11. The summed E-state index contributed by atoms with van der Waals surface area (Å²) in [7, 11) is 1.61. The van der Waals surface area contributed by atoms with Crippen molar-refractivity contribution in [3.63, 3.8) is 0 Å². The Morgan fingerprint density at radius 1 is 1.04 bits per heavy atom. The fraction of sp³-hybridized carbons (Fsp3) is 0.316. The van der Waals surface area contributed by atoms with Crippen molar-refractivity contribution in [1.82, 2.24) is 15.6 Å². The Morgan fingerprint density at radius 3 is 2.28 bits per heavy atom. The monoisotopic (exact) mass is 339 g/mol. The van der Waals surface area contributed by atoms with Gasteiger partial charge in [-0.05, 0) is 42.7 Å². The maximum Gasteiger partial charge on any atom is 0.236 e. The van der Waals surface area contributed by atoms with Gasteiger partial charge in [0.25, 0.3) is 0 Å². The number of pyridine rings is 1. The third kappa shape index (κ3) is 3.96. The smallest absolute Gasteiger partial charge is 0.236 e. The first kappa shape index (κ1) is 17.0. The molecule has 0 unspecified atom stereocenters. The van der Waals surface area contributed by atoms with Crippen molar-refractivity contribution in [2.45, 2.75) is 25.9 Å². The van der Waals surface area contributed by atoms with E-state index in [0.29, 0.717) is 25.9 Å². The van der Waals surface area contributed by atoms with Crippen LogP contribution in [-0.4, -0.2) is 23.9 Å².